The van der Waals surface area contributed by atoms with Crippen molar-refractivity contribution in [3.8, 4) is 0 Å². The van der Waals surface area contributed by atoms with Crippen LogP contribution in [-0.4, -0.2) is 47.4 Å². The fourth-order valence-corrected chi connectivity index (χ4v) is 3.56. The van der Waals surface area contributed by atoms with Crippen molar-refractivity contribution in [2.75, 3.05) is 19.6 Å². The molecule has 6 heteroatoms. The number of rotatable bonds is 3. The molecule has 116 valence electrons. The predicted molar refractivity (Wildman–Crippen MR) is 79.4 cm³/mol. The Hall–Kier alpha value is -1.37. The van der Waals surface area contributed by atoms with Crippen LogP contribution >= 0.6 is 0 Å². The number of fused-ring (bicyclic) bond motifs is 1. The van der Waals surface area contributed by atoms with Gasteiger partial charge in [-0.1, -0.05) is 6.42 Å². The molecule has 0 aromatic carbocycles. The number of amides is 1. The van der Waals surface area contributed by atoms with Gasteiger partial charge in [0.25, 0.3) is 5.91 Å². The Kier molecular flexibility index (Phi) is 4.28. The van der Waals surface area contributed by atoms with Crippen LogP contribution in [0.3, 0.4) is 0 Å². The Morgan fingerprint density at radius 2 is 2.33 bits per heavy atom. The molecule has 0 saturated carbocycles. The van der Waals surface area contributed by atoms with Crippen molar-refractivity contribution in [2.24, 2.45) is 5.84 Å². The zero-order valence-corrected chi connectivity index (χ0v) is 12.5. The first kappa shape index (κ1) is 14.6. The maximum absolute atomic E-state index is 11.7. The fourth-order valence-electron chi connectivity index (χ4n) is 3.56. The van der Waals surface area contributed by atoms with Crippen LogP contribution in [0.2, 0.25) is 0 Å². The molecule has 2 aliphatic rings. The smallest absolute Gasteiger partial charge is 0.268 e. The summed E-state index contributed by atoms with van der Waals surface area (Å²) in [6, 6.07) is 2.80. The summed E-state index contributed by atoms with van der Waals surface area (Å²) < 4.78 is 5.50. The second-order valence-electron chi connectivity index (χ2n) is 6.15. The minimum Gasteiger partial charge on any atom is -0.467 e. The highest BCUT2D eigenvalue weighted by Crippen LogP contribution is 2.26. The number of hydrogen-bond donors (Lipinski definition) is 2. The van der Waals surface area contributed by atoms with Crippen LogP contribution in [0.1, 0.15) is 42.3 Å². The first-order chi connectivity index (χ1) is 10.2. The van der Waals surface area contributed by atoms with E-state index in [2.05, 4.69) is 22.1 Å². The topological polar surface area (TPSA) is 74.7 Å². The molecule has 0 aliphatic carbocycles. The van der Waals surface area contributed by atoms with Crippen molar-refractivity contribution in [2.45, 2.75) is 44.8 Å². The van der Waals surface area contributed by atoms with Gasteiger partial charge in [-0.15, -0.1) is 0 Å². The molecule has 1 aromatic rings. The number of carbonyl (C=O) groups excluding carboxylic acids is 1. The van der Waals surface area contributed by atoms with E-state index in [1.807, 2.05) is 0 Å². The molecular formula is C15H24N4O2. The summed E-state index contributed by atoms with van der Waals surface area (Å²) in [5, 5.41) is 0. The maximum atomic E-state index is 11.7. The average Bonchev–Trinajstić information content (AvgIpc) is 2.95. The largest absolute Gasteiger partial charge is 0.467 e. The molecule has 2 atom stereocenters. The van der Waals surface area contributed by atoms with Crippen LogP contribution in [0, 0.1) is 0 Å². The number of furan rings is 1. The number of nitrogens with two attached hydrogens (primary N) is 1. The normalized spacial score (nSPS) is 27.3. The van der Waals surface area contributed by atoms with Gasteiger partial charge < -0.3 is 4.42 Å². The summed E-state index contributed by atoms with van der Waals surface area (Å²) >= 11 is 0. The lowest BCUT2D eigenvalue weighted by Crippen LogP contribution is -2.58. The summed E-state index contributed by atoms with van der Waals surface area (Å²) in [5.74, 6) is 5.63. The van der Waals surface area contributed by atoms with E-state index in [4.69, 9.17) is 10.3 Å². The highest BCUT2D eigenvalue weighted by molar-refractivity contribution is 5.94. The van der Waals surface area contributed by atoms with E-state index in [-0.39, 0.29) is 5.91 Å². The second kappa shape index (κ2) is 6.17. The molecule has 0 radical (unpaired) electrons. The molecule has 2 unspecified atom stereocenters. The van der Waals surface area contributed by atoms with Crippen LogP contribution in [0.5, 0.6) is 0 Å². The Balaban J connectivity index is 1.70. The van der Waals surface area contributed by atoms with E-state index in [0.717, 1.165) is 13.1 Å². The molecule has 2 fully saturated rings. The summed E-state index contributed by atoms with van der Waals surface area (Å²) in [4.78, 5) is 16.8. The van der Waals surface area contributed by atoms with E-state index < -0.39 is 0 Å². The fraction of sp³-hybridized carbons (Fsp3) is 0.667. The molecule has 3 heterocycles. The number of nitrogen functional groups attached to an aromatic ring is 1. The molecular weight excluding hydrogens is 268 g/mol. The zero-order valence-electron chi connectivity index (χ0n) is 12.5. The monoisotopic (exact) mass is 292 g/mol. The van der Waals surface area contributed by atoms with Crippen molar-refractivity contribution in [3.63, 3.8) is 0 Å². The van der Waals surface area contributed by atoms with Crippen molar-refractivity contribution in [3.05, 3.63) is 23.7 Å². The third kappa shape index (κ3) is 2.97. The lowest BCUT2D eigenvalue weighted by Gasteiger charge is -2.47. The van der Waals surface area contributed by atoms with E-state index >= 15 is 0 Å². The number of carbonyl (C=O) groups is 1. The van der Waals surface area contributed by atoms with Crippen LogP contribution in [0.4, 0.5) is 0 Å². The van der Waals surface area contributed by atoms with Gasteiger partial charge in [0.15, 0.2) is 0 Å². The minimum absolute atomic E-state index is 0.289. The number of piperidine rings is 1. The van der Waals surface area contributed by atoms with Gasteiger partial charge in [-0.3, -0.25) is 20.0 Å². The van der Waals surface area contributed by atoms with Crippen LogP contribution < -0.4 is 11.3 Å². The van der Waals surface area contributed by atoms with E-state index in [0.29, 0.717) is 30.0 Å². The van der Waals surface area contributed by atoms with Gasteiger partial charge in [0.1, 0.15) is 5.76 Å². The second-order valence-corrected chi connectivity index (χ2v) is 6.15. The van der Waals surface area contributed by atoms with Crippen LogP contribution in [0.15, 0.2) is 16.7 Å². The van der Waals surface area contributed by atoms with Gasteiger partial charge in [0.05, 0.1) is 18.4 Å². The lowest BCUT2D eigenvalue weighted by molar-refractivity contribution is 0.00791. The predicted octanol–water partition coefficient (Wildman–Crippen LogP) is 0.942. The Morgan fingerprint density at radius 3 is 3.14 bits per heavy atom. The number of nitrogens with zero attached hydrogens (tertiary/aromatic N) is 2. The third-order valence-corrected chi connectivity index (χ3v) is 4.78. The Bertz CT molecular complexity index is 502. The van der Waals surface area contributed by atoms with E-state index in [1.165, 1.54) is 25.8 Å². The minimum atomic E-state index is -0.289. The summed E-state index contributed by atoms with van der Waals surface area (Å²) in [6.07, 6.45) is 5.48. The molecule has 2 aliphatic heterocycles. The van der Waals surface area contributed by atoms with Crippen molar-refractivity contribution in [1.82, 2.24) is 15.2 Å². The SMILES string of the molecule is CC1CN2CCCCC2CN1Cc1occc1C(=O)NN. The summed E-state index contributed by atoms with van der Waals surface area (Å²) in [7, 11) is 0. The summed E-state index contributed by atoms with van der Waals surface area (Å²) in [6.45, 7) is 6.29. The first-order valence-electron chi connectivity index (χ1n) is 7.74. The van der Waals surface area contributed by atoms with Crippen LogP contribution in [-0.2, 0) is 6.54 Å². The maximum Gasteiger partial charge on any atom is 0.268 e. The van der Waals surface area contributed by atoms with Gasteiger partial charge in [-0.2, -0.15) is 0 Å². The zero-order chi connectivity index (χ0) is 14.8. The van der Waals surface area contributed by atoms with Crippen molar-refractivity contribution in [1.29, 1.82) is 0 Å². The molecule has 0 bridgehead atoms. The van der Waals surface area contributed by atoms with Gasteiger partial charge in [0, 0.05) is 25.2 Å². The first-order valence-corrected chi connectivity index (χ1v) is 7.74. The van der Waals surface area contributed by atoms with Gasteiger partial charge in [-0.25, -0.2) is 5.84 Å². The highest BCUT2D eigenvalue weighted by Gasteiger charge is 2.33. The molecule has 3 N–H and O–H groups in total. The number of hydrazine groups is 1. The molecule has 6 nitrogen and oxygen atoms in total. The lowest BCUT2D eigenvalue weighted by atomic mass is 9.97. The quantitative estimate of drug-likeness (QED) is 0.493. The van der Waals surface area contributed by atoms with Gasteiger partial charge in [0.2, 0.25) is 0 Å². The molecule has 21 heavy (non-hydrogen) atoms. The number of piperazine rings is 1. The molecule has 3 rings (SSSR count). The number of nitrogens with one attached hydrogen (secondary N) is 1. The Morgan fingerprint density at radius 1 is 1.48 bits per heavy atom. The Labute approximate surface area is 125 Å². The van der Waals surface area contributed by atoms with Crippen molar-refractivity contribution >= 4 is 5.91 Å². The standard InChI is InChI=1S/C15H24N4O2/c1-11-8-18-6-3-2-4-12(18)9-19(11)10-14-13(5-7-21-14)15(20)17-16/h5,7,11-12H,2-4,6,8-10,16H2,1H3,(H,17,20). The molecule has 0 spiro atoms. The average molecular weight is 292 g/mol. The molecule has 1 amide bonds. The molecule has 1 aromatic heterocycles. The summed E-state index contributed by atoms with van der Waals surface area (Å²) in [5.41, 5.74) is 2.71. The van der Waals surface area contributed by atoms with E-state index in [9.17, 15) is 4.79 Å². The van der Waals surface area contributed by atoms with Crippen molar-refractivity contribution < 1.29 is 9.21 Å². The van der Waals surface area contributed by atoms with Gasteiger partial charge >= 0.3 is 0 Å². The molecule has 2 saturated heterocycles. The van der Waals surface area contributed by atoms with Crippen LogP contribution in [0.25, 0.3) is 0 Å². The van der Waals surface area contributed by atoms with E-state index in [1.54, 1.807) is 12.3 Å². The van der Waals surface area contributed by atoms with Gasteiger partial charge in [-0.05, 0) is 32.4 Å². The third-order valence-electron chi connectivity index (χ3n) is 4.78. The number of hydrogen-bond acceptors (Lipinski definition) is 5. The highest BCUT2D eigenvalue weighted by atomic mass is 16.3.